The van der Waals surface area contributed by atoms with Crippen LogP contribution < -0.4 is 20.5 Å². The van der Waals surface area contributed by atoms with Crippen molar-refractivity contribution in [1.82, 2.24) is 4.58 Å². The van der Waals surface area contributed by atoms with Gasteiger partial charge in [-0.2, -0.15) is 0 Å². The lowest BCUT2D eigenvalue weighted by Crippen LogP contribution is -2.70. The summed E-state index contributed by atoms with van der Waals surface area (Å²) in [5.41, 5.74) is 1.48. The van der Waals surface area contributed by atoms with Crippen LogP contribution in [0.25, 0.3) is 5.57 Å². The Balaban J connectivity index is 1.74. The number of aliphatic hydroxyl groups excluding tert-OH is 1. The molecule has 3 N–H and O–H groups in total. The average molecular weight is 369 g/mol. The Morgan fingerprint density at radius 3 is 3.27 bits per heavy atom. The van der Waals surface area contributed by atoms with Crippen LogP contribution in [0.2, 0.25) is 0 Å². The average Bonchev–Trinajstić information content (AvgIpc) is 3.16. The van der Waals surface area contributed by atoms with E-state index in [9.17, 15) is 15.0 Å². The summed E-state index contributed by atoms with van der Waals surface area (Å²) in [5, 5.41) is 27.2. The maximum Gasteiger partial charge on any atom is 0.242 e. The van der Waals surface area contributed by atoms with Crippen molar-refractivity contribution in [1.29, 1.82) is 0 Å². The fourth-order valence-electron chi connectivity index (χ4n) is 5.83. The molecule has 5 aliphatic heterocycles. The number of anilines is 1. The molecule has 0 amide bonds. The van der Waals surface area contributed by atoms with E-state index < -0.39 is 24.4 Å². The second-order valence-electron chi connectivity index (χ2n) is 7.78. The lowest BCUT2D eigenvalue weighted by atomic mass is 9.62. The number of carbonyl (C=O) groups excluding carboxylic acids is 1. The molecule has 0 saturated carbocycles. The van der Waals surface area contributed by atoms with Gasteiger partial charge in [0.25, 0.3) is 0 Å². The summed E-state index contributed by atoms with van der Waals surface area (Å²) in [6.07, 6.45) is 1.79. The minimum Gasteiger partial charge on any atom is -0.504 e. The zero-order valence-corrected chi connectivity index (χ0v) is 14.4. The number of nitrogens with zero attached hydrogens (tertiary/aromatic N) is 2. The summed E-state index contributed by atoms with van der Waals surface area (Å²) in [7, 11) is 0. The summed E-state index contributed by atoms with van der Waals surface area (Å²) in [4.78, 5) is 18.2. The van der Waals surface area contributed by atoms with Crippen LogP contribution in [0, 0.1) is 0 Å². The minimum absolute atomic E-state index is 0.0245. The predicted molar refractivity (Wildman–Crippen MR) is 98.4 cm³/mol. The summed E-state index contributed by atoms with van der Waals surface area (Å²) in [6.45, 7) is -1.96. The summed E-state index contributed by atoms with van der Waals surface area (Å²) in [5.74, 6) is -0.184. The van der Waals surface area contributed by atoms with Crippen molar-refractivity contribution in [2.45, 2.75) is 42.6 Å². The van der Waals surface area contributed by atoms with Crippen LogP contribution in [0.4, 0.5) is 11.4 Å². The first kappa shape index (κ1) is 11.6. The molecule has 1 aliphatic carbocycles. The van der Waals surface area contributed by atoms with E-state index in [4.69, 9.17) is 4.11 Å². The van der Waals surface area contributed by atoms with E-state index in [1.54, 1.807) is 6.08 Å². The molecular weight excluding hydrogens is 350 g/mol. The summed E-state index contributed by atoms with van der Waals surface area (Å²) in [6, 6.07) is -0.691. The molecule has 130 valence electrons. The molecule has 0 unspecified atom stereocenters. The van der Waals surface area contributed by atoms with E-state index in [0.29, 0.717) is 35.9 Å². The quantitative estimate of drug-likeness (QED) is 0.439. The van der Waals surface area contributed by atoms with Crippen LogP contribution in [0.1, 0.15) is 29.4 Å². The van der Waals surface area contributed by atoms with Gasteiger partial charge in [-0.05, 0) is 24.9 Å². The topological polar surface area (TPSA) is 84.9 Å². The first-order valence-corrected chi connectivity index (χ1v) is 9.64. The van der Waals surface area contributed by atoms with Crippen molar-refractivity contribution < 1.29 is 19.1 Å². The highest BCUT2D eigenvalue weighted by molar-refractivity contribution is 8.04. The molecular formula is C19H16N3O3S+. The second kappa shape index (κ2) is 3.92. The number of benzene rings is 1. The second-order valence-corrected chi connectivity index (χ2v) is 9.02. The van der Waals surface area contributed by atoms with Gasteiger partial charge in [-0.3, -0.25) is 4.79 Å². The molecule has 0 radical (unpaired) electrons. The Bertz CT molecular complexity index is 1300. The van der Waals surface area contributed by atoms with Gasteiger partial charge >= 0.3 is 0 Å². The lowest BCUT2D eigenvalue weighted by molar-refractivity contribution is -0.123. The Morgan fingerprint density at radius 2 is 2.42 bits per heavy atom. The Kier molecular flexibility index (Phi) is 1.74. The van der Waals surface area contributed by atoms with Crippen molar-refractivity contribution in [2.75, 3.05) is 11.9 Å². The SMILES string of the molecule is [2H]C([2H])([2H])C1=Nc2c(O)c3c4c5c2=C1CC[N+]=5[C@@H]1C(=O)C=C2S[C@@H](C[C@@]24[C@H]1O)N3. The van der Waals surface area contributed by atoms with Crippen LogP contribution in [0.5, 0.6) is 5.75 Å². The number of hydrogen-bond acceptors (Lipinski definition) is 6. The number of aliphatic hydroxyl groups is 1. The number of hydrogen-bond donors (Lipinski definition) is 3. The van der Waals surface area contributed by atoms with E-state index in [1.807, 2.05) is 4.58 Å². The maximum absolute atomic E-state index is 13.0. The molecule has 6 nitrogen and oxygen atoms in total. The number of thioether (sulfide) groups is 1. The zero-order chi connectivity index (χ0) is 20.0. The molecule has 26 heavy (non-hydrogen) atoms. The molecule has 7 heteroatoms. The monoisotopic (exact) mass is 369 g/mol. The normalized spacial score (nSPS) is 39.0. The molecule has 1 fully saturated rings. The highest BCUT2D eigenvalue weighted by Gasteiger charge is 2.67. The third-order valence-electron chi connectivity index (χ3n) is 6.80. The number of phenols is 1. The molecule has 0 aromatic heterocycles. The van der Waals surface area contributed by atoms with E-state index in [1.165, 1.54) is 11.8 Å². The Morgan fingerprint density at radius 1 is 1.54 bits per heavy atom. The van der Waals surface area contributed by atoms with Crippen molar-refractivity contribution in [3.05, 3.63) is 27.1 Å². The van der Waals surface area contributed by atoms with Gasteiger partial charge in [0.15, 0.2) is 5.75 Å². The van der Waals surface area contributed by atoms with Crippen LogP contribution in [-0.2, 0) is 10.2 Å². The molecule has 1 saturated heterocycles. The van der Waals surface area contributed by atoms with Crippen molar-refractivity contribution in [2.24, 2.45) is 4.99 Å². The number of aromatic hydroxyl groups is 1. The molecule has 1 spiro atoms. The van der Waals surface area contributed by atoms with E-state index in [0.717, 1.165) is 15.8 Å². The van der Waals surface area contributed by atoms with Crippen molar-refractivity contribution >= 4 is 40.2 Å². The van der Waals surface area contributed by atoms with Gasteiger partial charge in [0.1, 0.15) is 18.3 Å². The first-order valence-electron chi connectivity index (χ1n) is 10.3. The standard InChI is InChI=1S/C19H15N3O3S/c1-6-7-2-3-22-15-8(23)4-9-19(18(15)25)5-10(26-9)21-14-12(19)16(22)11(7)13(20-6)17(14)24/h4,10,15,18,25H,2-3,5H2,1H3,(H,20,21,24)/p+1/t10-,15+,18-,19+/m0/s1/i1D3. The molecule has 1 aromatic carbocycles. The van der Waals surface area contributed by atoms with Gasteiger partial charge in [-0.1, -0.05) is 0 Å². The minimum atomic E-state index is -2.39. The van der Waals surface area contributed by atoms with Crippen LogP contribution in [0.3, 0.4) is 0 Å². The van der Waals surface area contributed by atoms with Crippen molar-refractivity contribution in [3.8, 4) is 5.75 Å². The van der Waals surface area contributed by atoms with Crippen LogP contribution in [-0.4, -0.2) is 45.8 Å². The summed E-state index contributed by atoms with van der Waals surface area (Å²) < 4.78 is 25.6. The number of carbonyl (C=O) groups is 1. The zero-order valence-electron chi connectivity index (χ0n) is 16.5. The number of phenolic OH excluding ortho intramolecular Hbond substituents is 1. The van der Waals surface area contributed by atoms with E-state index in [-0.39, 0.29) is 28.3 Å². The Hall–Kier alpha value is -2.12. The number of rotatable bonds is 0. The number of ketones is 1. The molecule has 5 heterocycles. The molecule has 1 aromatic rings. The molecule has 7 rings (SSSR count). The van der Waals surface area contributed by atoms with Gasteiger partial charge < -0.3 is 15.5 Å². The van der Waals surface area contributed by atoms with Gasteiger partial charge in [0.2, 0.25) is 17.2 Å². The van der Waals surface area contributed by atoms with Gasteiger partial charge in [-0.15, -0.1) is 11.8 Å². The van der Waals surface area contributed by atoms with E-state index >= 15 is 0 Å². The number of fused-ring (bicyclic) bond motifs is 3. The fourth-order valence-corrected chi connectivity index (χ4v) is 7.36. The van der Waals surface area contributed by atoms with Gasteiger partial charge in [0.05, 0.1) is 27.3 Å². The fraction of sp³-hybridized carbons (Fsp3) is 0.421. The van der Waals surface area contributed by atoms with Gasteiger partial charge in [0, 0.05) is 21.1 Å². The maximum atomic E-state index is 13.0. The third kappa shape index (κ3) is 1.18. The number of nitrogens with one attached hydrogen (secondary N) is 1. The van der Waals surface area contributed by atoms with E-state index in [2.05, 4.69) is 10.3 Å². The number of aliphatic imine (C=N–C) groups is 1. The van der Waals surface area contributed by atoms with Crippen LogP contribution >= 0.6 is 11.8 Å². The van der Waals surface area contributed by atoms with Gasteiger partial charge in [-0.25, -0.2) is 9.57 Å². The van der Waals surface area contributed by atoms with Crippen molar-refractivity contribution in [3.63, 3.8) is 0 Å². The largest absolute Gasteiger partial charge is 0.504 e. The molecule has 4 atom stereocenters. The lowest BCUT2D eigenvalue weighted by Gasteiger charge is -2.45. The van der Waals surface area contributed by atoms with Crippen LogP contribution in [0.15, 0.2) is 16.0 Å². The first-order chi connectivity index (χ1) is 13.7. The molecule has 3 bridgehead atoms. The smallest absolute Gasteiger partial charge is 0.242 e. The third-order valence-corrected chi connectivity index (χ3v) is 8.10. The highest BCUT2D eigenvalue weighted by atomic mass is 32.2. The highest BCUT2D eigenvalue weighted by Crippen LogP contribution is 2.62. The summed E-state index contributed by atoms with van der Waals surface area (Å²) >= 11 is 1.53. The Labute approximate surface area is 156 Å². The molecule has 6 aliphatic rings. The predicted octanol–water partition coefficient (Wildman–Crippen LogP) is -0.120.